The van der Waals surface area contributed by atoms with Gasteiger partial charge in [-0.1, -0.05) is 123 Å². The molecule has 0 fully saturated rings. The Balaban J connectivity index is 1.19. The molecule has 0 N–H and O–H groups in total. The summed E-state index contributed by atoms with van der Waals surface area (Å²) < 4.78 is 25.0. The number of hydrogen-bond acceptors (Lipinski definition) is 6. The second-order valence-electron chi connectivity index (χ2n) is 21.7. The lowest BCUT2D eigenvalue weighted by Crippen LogP contribution is -2.61. The first kappa shape index (κ1) is 42.1. The standard InChI is InChI=1S/C59H59BN2O4/c1-36-27-50-56-51(28-36)62(45-30-39(37-11-15-41(16-12-37)57(2,3)4)29-40(31-45)38-13-17-42(18-14-38)58(5,6)7)48-21-19-43(59(8,9)10)32-46(48)60(56)47-34-54-55(66-26-25-65-54)35-49(47)61(50)44-20-22-52-53(33-44)64-24-23-63-52/h11-22,27-35H,23-26H2,1-10H3. The molecule has 332 valence electrons. The van der Waals surface area contributed by atoms with Gasteiger partial charge in [0.05, 0.1) is 5.69 Å². The molecule has 7 aromatic rings. The highest BCUT2D eigenvalue weighted by atomic mass is 16.6. The molecule has 0 saturated carbocycles. The van der Waals surface area contributed by atoms with E-state index in [4.69, 9.17) is 18.9 Å². The third-order valence-corrected chi connectivity index (χ3v) is 13.9. The van der Waals surface area contributed by atoms with Crippen LogP contribution in [0.15, 0.2) is 127 Å². The van der Waals surface area contributed by atoms with Crippen LogP contribution in [0.2, 0.25) is 0 Å². The van der Waals surface area contributed by atoms with Gasteiger partial charge in [0.1, 0.15) is 26.4 Å². The molecule has 0 bridgehead atoms. The number of benzene rings is 7. The van der Waals surface area contributed by atoms with Gasteiger partial charge in [-0.3, -0.25) is 0 Å². The molecular formula is C59H59BN2O4. The highest BCUT2D eigenvalue weighted by Gasteiger charge is 2.45. The minimum atomic E-state index is -0.0963. The predicted octanol–water partition coefficient (Wildman–Crippen LogP) is 12.8. The van der Waals surface area contributed by atoms with E-state index in [1.54, 1.807) is 0 Å². The second kappa shape index (κ2) is 15.2. The van der Waals surface area contributed by atoms with Gasteiger partial charge in [0.25, 0.3) is 6.71 Å². The van der Waals surface area contributed by atoms with E-state index >= 15 is 0 Å². The van der Waals surface area contributed by atoms with Crippen LogP contribution in [-0.2, 0) is 16.2 Å². The first-order valence-electron chi connectivity index (χ1n) is 23.6. The molecule has 0 amide bonds. The van der Waals surface area contributed by atoms with E-state index < -0.39 is 0 Å². The molecule has 0 atom stereocenters. The van der Waals surface area contributed by atoms with E-state index in [0.717, 1.165) is 57.0 Å². The topological polar surface area (TPSA) is 43.4 Å². The van der Waals surface area contributed by atoms with Gasteiger partial charge in [0, 0.05) is 40.6 Å². The van der Waals surface area contributed by atoms with E-state index in [-0.39, 0.29) is 23.0 Å². The third-order valence-electron chi connectivity index (χ3n) is 13.9. The van der Waals surface area contributed by atoms with Gasteiger partial charge < -0.3 is 28.7 Å². The Labute approximate surface area is 391 Å². The van der Waals surface area contributed by atoms with Crippen molar-refractivity contribution in [3.05, 3.63) is 150 Å². The van der Waals surface area contributed by atoms with Crippen molar-refractivity contribution in [2.45, 2.75) is 85.5 Å². The third kappa shape index (κ3) is 7.19. The SMILES string of the molecule is Cc1cc2c3c(c1)N(c1ccc4c(c1)OCCO4)c1cc4c(cc1B3c1cc(C(C)(C)C)ccc1N2c1cc(-c2ccc(C(C)(C)C)cc2)cc(-c2ccc(C(C)(C)C)cc2)c1)OCCO4. The van der Waals surface area contributed by atoms with Crippen molar-refractivity contribution in [2.75, 3.05) is 36.2 Å². The first-order chi connectivity index (χ1) is 31.5. The van der Waals surface area contributed by atoms with Crippen LogP contribution < -0.4 is 45.1 Å². The number of anilines is 6. The van der Waals surface area contributed by atoms with E-state index in [9.17, 15) is 0 Å². The van der Waals surface area contributed by atoms with Crippen LogP contribution in [0.3, 0.4) is 0 Å². The number of aryl methyl sites for hydroxylation is 1. The van der Waals surface area contributed by atoms with Gasteiger partial charge in [-0.2, -0.15) is 0 Å². The van der Waals surface area contributed by atoms with Crippen LogP contribution >= 0.6 is 0 Å². The average molecular weight is 871 g/mol. The van der Waals surface area contributed by atoms with Crippen molar-refractivity contribution < 1.29 is 18.9 Å². The Kier molecular flexibility index (Phi) is 9.71. The van der Waals surface area contributed by atoms with Crippen molar-refractivity contribution in [2.24, 2.45) is 0 Å². The molecular weight excluding hydrogens is 811 g/mol. The highest BCUT2D eigenvalue weighted by molar-refractivity contribution is 7.00. The molecule has 7 aromatic carbocycles. The van der Waals surface area contributed by atoms with Crippen molar-refractivity contribution in [1.29, 1.82) is 0 Å². The molecule has 11 rings (SSSR count). The Morgan fingerprint density at radius 1 is 0.379 bits per heavy atom. The number of nitrogens with zero attached hydrogens (tertiary/aromatic N) is 2. The van der Waals surface area contributed by atoms with Crippen molar-refractivity contribution in [3.8, 4) is 45.3 Å². The van der Waals surface area contributed by atoms with Crippen molar-refractivity contribution in [3.63, 3.8) is 0 Å². The van der Waals surface area contributed by atoms with Gasteiger partial charge in [0.15, 0.2) is 23.0 Å². The summed E-state index contributed by atoms with van der Waals surface area (Å²) in [5, 5.41) is 0. The first-order valence-corrected chi connectivity index (χ1v) is 23.6. The molecule has 0 aliphatic carbocycles. The van der Waals surface area contributed by atoms with Crippen LogP contribution in [-0.4, -0.2) is 33.1 Å². The maximum Gasteiger partial charge on any atom is 0.252 e. The Morgan fingerprint density at radius 2 is 0.848 bits per heavy atom. The van der Waals surface area contributed by atoms with Gasteiger partial charge >= 0.3 is 0 Å². The Morgan fingerprint density at radius 3 is 1.39 bits per heavy atom. The molecule has 7 heteroatoms. The number of fused-ring (bicyclic) bond motifs is 6. The quantitative estimate of drug-likeness (QED) is 0.164. The van der Waals surface area contributed by atoms with Crippen molar-refractivity contribution >= 4 is 57.2 Å². The molecule has 4 aliphatic rings. The zero-order valence-electron chi connectivity index (χ0n) is 40.1. The Bertz CT molecular complexity index is 2990. The van der Waals surface area contributed by atoms with Gasteiger partial charge in [-0.15, -0.1) is 0 Å². The van der Waals surface area contributed by atoms with Gasteiger partial charge in [-0.05, 0) is 139 Å². The lowest BCUT2D eigenvalue weighted by atomic mass is 9.33. The summed E-state index contributed by atoms with van der Waals surface area (Å²) in [5.74, 6) is 3.05. The molecule has 4 heterocycles. The summed E-state index contributed by atoms with van der Waals surface area (Å²) in [7, 11) is 0. The monoisotopic (exact) mass is 870 g/mol. The fraction of sp³-hybridized carbons (Fsp3) is 0.288. The van der Waals surface area contributed by atoms with Gasteiger partial charge in [0.2, 0.25) is 0 Å². The van der Waals surface area contributed by atoms with Crippen LogP contribution in [0.25, 0.3) is 22.3 Å². The van der Waals surface area contributed by atoms with Crippen LogP contribution in [0.4, 0.5) is 34.1 Å². The lowest BCUT2D eigenvalue weighted by Gasteiger charge is -2.45. The summed E-state index contributed by atoms with van der Waals surface area (Å²) >= 11 is 0. The normalized spacial score (nSPS) is 15.0. The molecule has 0 saturated heterocycles. The lowest BCUT2D eigenvalue weighted by molar-refractivity contribution is 0.171. The van der Waals surface area contributed by atoms with Crippen LogP contribution in [0, 0.1) is 6.92 Å². The molecule has 0 aromatic heterocycles. The number of ether oxygens (including phenoxy) is 4. The summed E-state index contributed by atoms with van der Waals surface area (Å²) in [6.45, 7) is 24.8. The molecule has 6 nitrogen and oxygen atoms in total. The Hall–Kier alpha value is -6.60. The molecule has 66 heavy (non-hydrogen) atoms. The van der Waals surface area contributed by atoms with E-state index in [1.807, 2.05) is 6.07 Å². The van der Waals surface area contributed by atoms with E-state index in [0.29, 0.717) is 26.4 Å². The molecule has 0 unspecified atom stereocenters. The fourth-order valence-electron chi connectivity index (χ4n) is 10.3. The number of hydrogen-bond donors (Lipinski definition) is 0. The largest absolute Gasteiger partial charge is 0.486 e. The molecule has 0 spiro atoms. The molecule has 4 aliphatic heterocycles. The maximum atomic E-state index is 6.38. The summed E-state index contributed by atoms with van der Waals surface area (Å²) in [6, 6.07) is 48.2. The van der Waals surface area contributed by atoms with Crippen molar-refractivity contribution in [1.82, 2.24) is 0 Å². The molecule has 0 radical (unpaired) electrons. The smallest absolute Gasteiger partial charge is 0.252 e. The average Bonchev–Trinajstić information content (AvgIpc) is 3.29. The van der Waals surface area contributed by atoms with Crippen LogP contribution in [0.5, 0.6) is 23.0 Å². The minimum absolute atomic E-state index is 0.0510. The van der Waals surface area contributed by atoms with E-state index in [1.165, 1.54) is 61.0 Å². The zero-order chi connectivity index (χ0) is 45.9. The summed E-state index contributed by atoms with van der Waals surface area (Å²) in [5.41, 5.74) is 20.1. The zero-order valence-corrected chi connectivity index (χ0v) is 40.1. The fourth-order valence-corrected chi connectivity index (χ4v) is 10.3. The predicted molar refractivity (Wildman–Crippen MR) is 274 cm³/mol. The summed E-state index contributed by atoms with van der Waals surface area (Å²) in [4.78, 5) is 4.94. The number of rotatable bonds is 4. The van der Waals surface area contributed by atoms with Gasteiger partial charge in [-0.25, -0.2) is 0 Å². The minimum Gasteiger partial charge on any atom is -0.486 e. The summed E-state index contributed by atoms with van der Waals surface area (Å²) in [6.07, 6.45) is 0. The second-order valence-corrected chi connectivity index (χ2v) is 21.7. The maximum absolute atomic E-state index is 6.38. The van der Waals surface area contributed by atoms with Crippen LogP contribution in [0.1, 0.15) is 84.6 Å². The van der Waals surface area contributed by atoms with E-state index in [2.05, 4.69) is 200 Å². The highest BCUT2D eigenvalue weighted by Crippen LogP contribution is 2.49.